The van der Waals surface area contributed by atoms with Gasteiger partial charge < -0.3 is 40.2 Å². The number of hydrogen-bond donors (Lipinski definition) is 4. The van der Waals surface area contributed by atoms with E-state index in [-0.39, 0.29) is 37.6 Å². The third-order valence-electron chi connectivity index (χ3n) is 5.23. The number of carbonyl (C=O) groups is 1. The second kappa shape index (κ2) is 17.1. The standard InChI is InChI=1S/C23H35ClN4O8/c24-7-3-1-2-4-9-33-12-13-34-11-8-26-23(32)35-10-5-6-17-15-28(22(31)27-21(17)25)20-14-18(30)19(16-29)36-20/h15,18-20,29-30H,1-4,7-14,16H2,(H,26,32)(H2,25,27,31)/t18-,19+,20+/m0/s1. The summed E-state index contributed by atoms with van der Waals surface area (Å²) in [6.07, 6.45) is 2.57. The molecule has 1 fully saturated rings. The van der Waals surface area contributed by atoms with E-state index >= 15 is 0 Å². The Labute approximate surface area is 215 Å². The van der Waals surface area contributed by atoms with Gasteiger partial charge in [0.2, 0.25) is 0 Å². The first-order valence-corrected chi connectivity index (χ1v) is 12.4. The van der Waals surface area contributed by atoms with Crippen molar-refractivity contribution in [2.75, 3.05) is 57.8 Å². The van der Waals surface area contributed by atoms with Gasteiger partial charge >= 0.3 is 11.8 Å². The van der Waals surface area contributed by atoms with Crippen molar-refractivity contribution in [2.24, 2.45) is 0 Å². The molecular formula is C23H35ClN4O8. The monoisotopic (exact) mass is 530 g/mol. The number of aliphatic hydroxyl groups excluding tert-OH is 2. The highest BCUT2D eigenvalue weighted by atomic mass is 35.5. The Bertz CT molecular complexity index is 920. The Balaban J connectivity index is 1.62. The molecule has 1 aromatic rings. The van der Waals surface area contributed by atoms with Gasteiger partial charge in [0, 0.05) is 31.6 Å². The van der Waals surface area contributed by atoms with Crippen molar-refractivity contribution in [3.8, 4) is 11.8 Å². The SMILES string of the molecule is Nc1nc(=O)n([C@H]2C[C@H](O)[C@@H](CO)O2)cc1C#CCOC(=O)NCCOCCOCCCCCCCl. The van der Waals surface area contributed by atoms with E-state index in [9.17, 15) is 19.8 Å². The van der Waals surface area contributed by atoms with E-state index in [1.165, 1.54) is 6.20 Å². The molecule has 1 aliphatic heterocycles. The van der Waals surface area contributed by atoms with E-state index in [0.717, 1.165) is 30.3 Å². The quantitative estimate of drug-likeness (QED) is 0.141. The molecule has 1 aromatic heterocycles. The molecule has 2 heterocycles. The van der Waals surface area contributed by atoms with E-state index in [1.54, 1.807) is 0 Å². The highest BCUT2D eigenvalue weighted by molar-refractivity contribution is 6.17. The molecule has 202 valence electrons. The fraction of sp³-hybridized carbons (Fsp3) is 0.696. The fourth-order valence-corrected chi connectivity index (χ4v) is 3.51. The number of halogens is 1. The van der Waals surface area contributed by atoms with E-state index in [1.807, 2.05) is 0 Å². The molecule has 3 atom stereocenters. The molecule has 1 aliphatic rings. The second-order valence-corrected chi connectivity index (χ2v) is 8.36. The number of nitrogen functional groups attached to an aromatic ring is 1. The lowest BCUT2D eigenvalue weighted by Crippen LogP contribution is -2.29. The fourth-order valence-electron chi connectivity index (χ4n) is 3.32. The maximum Gasteiger partial charge on any atom is 0.408 e. The first-order chi connectivity index (χ1) is 17.5. The third kappa shape index (κ3) is 10.7. The molecule has 0 unspecified atom stereocenters. The number of anilines is 1. The number of rotatable bonds is 15. The molecule has 36 heavy (non-hydrogen) atoms. The van der Waals surface area contributed by atoms with Crippen molar-refractivity contribution in [1.29, 1.82) is 0 Å². The second-order valence-electron chi connectivity index (χ2n) is 7.98. The Morgan fingerprint density at radius 1 is 1.25 bits per heavy atom. The maximum absolute atomic E-state index is 12.2. The molecule has 1 saturated heterocycles. The number of nitrogens with one attached hydrogen (secondary N) is 1. The van der Waals surface area contributed by atoms with Crippen LogP contribution in [0.2, 0.25) is 0 Å². The van der Waals surface area contributed by atoms with Gasteiger partial charge in [0.05, 0.1) is 38.1 Å². The van der Waals surface area contributed by atoms with Crippen LogP contribution < -0.4 is 16.7 Å². The van der Waals surface area contributed by atoms with Gasteiger partial charge in [-0.25, -0.2) is 9.59 Å². The van der Waals surface area contributed by atoms with Crippen LogP contribution in [-0.4, -0.2) is 90.1 Å². The Morgan fingerprint density at radius 3 is 2.72 bits per heavy atom. The number of hydrogen-bond acceptors (Lipinski definition) is 10. The summed E-state index contributed by atoms with van der Waals surface area (Å²) in [5.74, 6) is 5.94. The molecule has 0 radical (unpaired) electrons. The minimum atomic E-state index is -0.911. The summed E-state index contributed by atoms with van der Waals surface area (Å²) in [6, 6.07) is 0. The molecule has 12 nitrogen and oxygen atoms in total. The molecule has 5 N–H and O–H groups in total. The van der Waals surface area contributed by atoms with Gasteiger partial charge in [0.25, 0.3) is 0 Å². The number of nitrogens with two attached hydrogens (primary N) is 1. The zero-order valence-corrected chi connectivity index (χ0v) is 21.0. The molecule has 0 aromatic carbocycles. The summed E-state index contributed by atoms with van der Waals surface area (Å²) in [4.78, 5) is 27.6. The number of ether oxygens (including phenoxy) is 4. The molecule has 1 amide bonds. The normalized spacial score (nSPS) is 19.0. The molecule has 0 bridgehead atoms. The average Bonchev–Trinajstić information content (AvgIpc) is 3.23. The van der Waals surface area contributed by atoms with E-state index in [0.29, 0.717) is 32.3 Å². The van der Waals surface area contributed by atoms with Crippen LogP contribution in [0, 0.1) is 11.8 Å². The van der Waals surface area contributed by atoms with Crippen LogP contribution in [0.25, 0.3) is 0 Å². The molecule has 2 rings (SSSR count). The minimum Gasteiger partial charge on any atom is -0.436 e. The van der Waals surface area contributed by atoms with Crippen molar-refractivity contribution < 1.29 is 34.0 Å². The lowest BCUT2D eigenvalue weighted by Gasteiger charge is -2.15. The van der Waals surface area contributed by atoms with E-state index in [2.05, 4.69) is 22.1 Å². The highest BCUT2D eigenvalue weighted by Crippen LogP contribution is 2.27. The number of aromatic nitrogens is 2. The first kappa shape index (κ1) is 29.8. The van der Waals surface area contributed by atoms with E-state index < -0.39 is 30.2 Å². The molecule has 13 heteroatoms. The van der Waals surface area contributed by atoms with Crippen molar-refractivity contribution in [1.82, 2.24) is 14.9 Å². The van der Waals surface area contributed by atoms with Crippen molar-refractivity contribution >= 4 is 23.5 Å². The molecular weight excluding hydrogens is 496 g/mol. The lowest BCUT2D eigenvalue weighted by molar-refractivity contribution is -0.0458. The number of alkyl carbamates (subject to hydrolysis) is 1. The molecule has 0 saturated carbocycles. The lowest BCUT2D eigenvalue weighted by atomic mass is 10.2. The number of amides is 1. The summed E-state index contributed by atoms with van der Waals surface area (Å²) >= 11 is 5.62. The van der Waals surface area contributed by atoms with Gasteiger partial charge in [-0.05, 0) is 12.8 Å². The largest absolute Gasteiger partial charge is 0.436 e. The van der Waals surface area contributed by atoms with Crippen molar-refractivity contribution in [3.05, 3.63) is 22.2 Å². The zero-order valence-electron chi connectivity index (χ0n) is 20.2. The first-order valence-electron chi connectivity index (χ1n) is 11.9. The van der Waals surface area contributed by atoms with Gasteiger partial charge in [0.1, 0.15) is 18.1 Å². The van der Waals surface area contributed by atoms with Gasteiger partial charge in [-0.2, -0.15) is 4.98 Å². The van der Waals surface area contributed by atoms with Gasteiger partial charge in [0.15, 0.2) is 6.61 Å². The van der Waals surface area contributed by atoms with Crippen molar-refractivity contribution in [2.45, 2.75) is 50.5 Å². The molecule has 0 aliphatic carbocycles. The summed E-state index contributed by atoms with van der Waals surface area (Å²) in [7, 11) is 0. The predicted molar refractivity (Wildman–Crippen MR) is 132 cm³/mol. The Kier molecular flexibility index (Phi) is 14.2. The van der Waals surface area contributed by atoms with Gasteiger partial charge in [-0.1, -0.05) is 24.7 Å². The van der Waals surface area contributed by atoms with E-state index in [4.69, 9.17) is 36.3 Å². The molecule has 0 spiro atoms. The van der Waals surface area contributed by atoms with Crippen LogP contribution in [-0.2, 0) is 18.9 Å². The zero-order chi connectivity index (χ0) is 26.2. The van der Waals surface area contributed by atoms with Gasteiger partial charge in [-0.3, -0.25) is 4.57 Å². The topological polar surface area (TPSA) is 167 Å². The Morgan fingerprint density at radius 2 is 2.00 bits per heavy atom. The number of carbonyl (C=O) groups excluding carboxylic acids is 1. The maximum atomic E-state index is 12.2. The van der Waals surface area contributed by atoms with Crippen LogP contribution >= 0.6 is 11.6 Å². The van der Waals surface area contributed by atoms with Gasteiger partial charge in [-0.15, -0.1) is 11.6 Å². The number of nitrogens with zero attached hydrogens (tertiary/aromatic N) is 2. The Hall–Kier alpha value is -2.40. The third-order valence-corrected chi connectivity index (χ3v) is 5.50. The summed E-state index contributed by atoms with van der Waals surface area (Å²) in [5, 5.41) is 21.6. The minimum absolute atomic E-state index is 0.0853. The van der Waals surface area contributed by atoms with Crippen LogP contribution in [0.1, 0.15) is 43.9 Å². The summed E-state index contributed by atoms with van der Waals surface area (Å²) < 4.78 is 22.4. The summed E-state index contributed by atoms with van der Waals surface area (Å²) in [5.41, 5.74) is 5.33. The number of unbranched alkanes of at least 4 members (excludes halogenated alkanes) is 3. The van der Waals surface area contributed by atoms with Crippen LogP contribution in [0.3, 0.4) is 0 Å². The number of aliphatic hydroxyl groups is 2. The predicted octanol–water partition coefficient (Wildman–Crippen LogP) is 0.376. The van der Waals surface area contributed by atoms with Crippen LogP contribution in [0.4, 0.5) is 10.6 Å². The highest BCUT2D eigenvalue weighted by Gasteiger charge is 2.35. The summed E-state index contributed by atoms with van der Waals surface area (Å²) in [6.45, 7) is 1.63. The van der Waals surface area contributed by atoms with Crippen molar-refractivity contribution in [3.63, 3.8) is 0 Å². The van der Waals surface area contributed by atoms with Crippen LogP contribution in [0.5, 0.6) is 0 Å². The smallest absolute Gasteiger partial charge is 0.408 e. The average molecular weight is 531 g/mol. The van der Waals surface area contributed by atoms with Crippen LogP contribution in [0.15, 0.2) is 11.0 Å². The number of alkyl halides is 1.